The quantitative estimate of drug-likeness (QED) is 0.109. The van der Waals surface area contributed by atoms with Gasteiger partial charge in [0.15, 0.2) is 17.9 Å². The van der Waals surface area contributed by atoms with Crippen LogP contribution in [0.5, 0.6) is 0 Å². The first-order chi connectivity index (χ1) is 20.3. The minimum absolute atomic E-state index is 0.0541. The van der Waals surface area contributed by atoms with E-state index in [9.17, 15) is 4.79 Å². The molecule has 1 atom stereocenters. The van der Waals surface area contributed by atoms with Crippen molar-refractivity contribution in [1.82, 2.24) is 10.1 Å². The maximum Gasteiger partial charge on any atom is 0.434 e. The number of ether oxygens (including phenoxy) is 5. The molecule has 0 saturated heterocycles. The highest BCUT2D eigenvalue weighted by atomic mass is 32.2. The van der Waals surface area contributed by atoms with Crippen LogP contribution in [-0.4, -0.2) is 73.6 Å². The first kappa shape index (κ1) is 32.7. The Hall–Kier alpha value is -3.81. The van der Waals surface area contributed by atoms with E-state index in [2.05, 4.69) is 15.1 Å². The lowest BCUT2D eigenvalue weighted by Gasteiger charge is -2.16. The molecule has 0 spiro atoms. The summed E-state index contributed by atoms with van der Waals surface area (Å²) in [6.07, 6.45) is 4.53. The second-order valence-corrected chi connectivity index (χ2v) is 9.50. The number of carbonyl (C=O) groups excluding carboxylic acids is 1. The third kappa shape index (κ3) is 9.36. The molecule has 0 aliphatic heterocycles. The first-order valence-electron chi connectivity index (χ1n) is 13.2. The second kappa shape index (κ2) is 16.6. The Kier molecular flexibility index (Phi) is 12.9. The summed E-state index contributed by atoms with van der Waals surface area (Å²) in [5.41, 5.74) is 1.46. The molecule has 1 heterocycles. The fourth-order valence-electron chi connectivity index (χ4n) is 3.64. The molecule has 1 amide bonds. The smallest absolute Gasteiger partial charge is 0.434 e. The molecule has 3 rings (SSSR count). The van der Waals surface area contributed by atoms with E-state index in [0.717, 1.165) is 18.2 Å². The van der Waals surface area contributed by atoms with Crippen LogP contribution in [0, 0.1) is 6.92 Å². The zero-order valence-corrected chi connectivity index (χ0v) is 25.3. The fraction of sp³-hybridized carbons (Fsp3) is 0.414. The molecule has 42 heavy (non-hydrogen) atoms. The summed E-state index contributed by atoms with van der Waals surface area (Å²) in [7, 11) is 2.69. The largest absolute Gasteiger partial charge is 0.497 e. The second-order valence-electron chi connectivity index (χ2n) is 8.71. The number of carbonyl (C=O) groups is 1. The number of aryl methyl sites for hydroxylation is 1. The van der Waals surface area contributed by atoms with E-state index in [1.54, 1.807) is 50.4 Å². The summed E-state index contributed by atoms with van der Waals surface area (Å²) in [4.78, 5) is 25.1. The van der Waals surface area contributed by atoms with E-state index in [4.69, 9.17) is 33.2 Å². The molecule has 1 aliphatic carbocycles. The number of methoxy groups -OCH3 is 2. The van der Waals surface area contributed by atoms with Crippen molar-refractivity contribution in [3.8, 4) is 11.4 Å². The van der Waals surface area contributed by atoms with E-state index in [-0.39, 0.29) is 41.7 Å². The zero-order valence-electron chi connectivity index (χ0n) is 24.5. The molecule has 226 valence electrons. The average Bonchev–Trinajstić information content (AvgIpc) is 3.37. The van der Waals surface area contributed by atoms with E-state index in [0.29, 0.717) is 35.3 Å². The molecule has 11 nitrogen and oxygen atoms in total. The molecule has 2 aromatic rings. The number of aromatic nitrogens is 2. The van der Waals surface area contributed by atoms with Crippen LogP contribution in [0.4, 0.5) is 14.9 Å². The fourth-order valence-corrected chi connectivity index (χ4v) is 4.16. The highest BCUT2D eigenvalue weighted by Crippen LogP contribution is 2.31. The molecular formula is C29H35FN4O7S. The Labute approximate surface area is 248 Å². The van der Waals surface area contributed by atoms with Crippen molar-refractivity contribution < 1.29 is 37.4 Å². The lowest BCUT2D eigenvalue weighted by Crippen LogP contribution is -2.18. The minimum atomic E-state index is -0.846. The SMILES string of the molecule is CCCOC(C)OCCOC1=CC(OC)=CCC(C(=N\c2ccc(-c3noc(C)n3)cc2)/C(=N/C(=O)OC)SC)=C1F. The van der Waals surface area contributed by atoms with Gasteiger partial charge in [-0.1, -0.05) is 12.1 Å². The van der Waals surface area contributed by atoms with Crippen LogP contribution in [0.3, 0.4) is 0 Å². The number of aliphatic imine (C=N–C) groups is 2. The molecule has 1 aliphatic rings. The van der Waals surface area contributed by atoms with E-state index >= 15 is 4.39 Å². The van der Waals surface area contributed by atoms with Gasteiger partial charge >= 0.3 is 6.09 Å². The monoisotopic (exact) mass is 602 g/mol. The van der Waals surface area contributed by atoms with Gasteiger partial charge in [-0.25, -0.2) is 14.2 Å². The summed E-state index contributed by atoms with van der Waals surface area (Å²) < 4.78 is 48.3. The molecule has 0 saturated carbocycles. The van der Waals surface area contributed by atoms with E-state index < -0.39 is 18.2 Å². The predicted molar refractivity (Wildman–Crippen MR) is 158 cm³/mol. The Morgan fingerprint density at radius 2 is 1.90 bits per heavy atom. The lowest BCUT2D eigenvalue weighted by atomic mass is 10.1. The van der Waals surface area contributed by atoms with Gasteiger partial charge < -0.3 is 28.2 Å². The van der Waals surface area contributed by atoms with Crippen molar-refractivity contribution >= 4 is 34.3 Å². The van der Waals surface area contributed by atoms with Crippen molar-refractivity contribution in [3.05, 3.63) is 65.2 Å². The molecule has 0 fully saturated rings. The standard InChI is InChI=1S/C29H35FN4O7S/c1-7-14-38-19(3)39-15-16-40-24-17-22(36-4)12-13-23(25(24)30)26(28(42-6)33-29(35)37-5)32-21-10-8-20(9-11-21)27-31-18(2)41-34-27/h8-12,17,19H,7,13-16H2,1-6H3/b32-26+,33-28-. The molecule has 1 unspecified atom stereocenters. The number of nitrogens with zero attached hydrogens (tertiary/aromatic N) is 4. The van der Waals surface area contributed by atoms with Crippen LogP contribution in [0.15, 0.2) is 73.8 Å². The van der Waals surface area contributed by atoms with Crippen LogP contribution in [-0.2, 0) is 23.7 Å². The minimum Gasteiger partial charge on any atom is -0.497 e. The topological polar surface area (TPSA) is 127 Å². The number of allylic oxidation sites excluding steroid dienone is 4. The maximum atomic E-state index is 16.2. The Morgan fingerprint density at radius 3 is 2.52 bits per heavy atom. The average molecular weight is 603 g/mol. The zero-order chi connectivity index (χ0) is 30.5. The molecule has 0 N–H and O–H groups in total. The van der Waals surface area contributed by atoms with Crippen molar-refractivity contribution in [2.75, 3.05) is 40.3 Å². The van der Waals surface area contributed by atoms with Crippen molar-refractivity contribution in [2.24, 2.45) is 9.98 Å². The number of hydrogen-bond donors (Lipinski definition) is 0. The molecule has 0 bridgehead atoms. The van der Waals surface area contributed by atoms with Gasteiger partial charge in [-0.05, 0) is 56.4 Å². The van der Waals surface area contributed by atoms with Gasteiger partial charge in [0.25, 0.3) is 0 Å². The molecule has 13 heteroatoms. The highest BCUT2D eigenvalue weighted by molar-refractivity contribution is 8.15. The summed E-state index contributed by atoms with van der Waals surface area (Å²) in [5, 5.41) is 4.08. The number of hydrogen-bond acceptors (Lipinski definition) is 11. The van der Waals surface area contributed by atoms with Crippen LogP contribution in [0.25, 0.3) is 11.4 Å². The Bertz CT molecular complexity index is 1370. The maximum absolute atomic E-state index is 16.2. The molecular weight excluding hydrogens is 567 g/mol. The van der Waals surface area contributed by atoms with Crippen molar-refractivity contribution in [1.29, 1.82) is 0 Å². The third-order valence-electron chi connectivity index (χ3n) is 5.69. The van der Waals surface area contributed by atoms with Gasteiger partial charge in [0.2, 0.25) is 11.7 Å². The molecule has 1 aromatic heterocycles. The number of thioether (sulfide) groups is 1. The summed E-state index contributed by atoms with van der Waals surface area (Å²) in [6.45, 7) is 6.29. The number of rotatable bonds is 13. The summed E-state index contributed by atoms with van der Waals surface area (Å²) in [5.74, 6) is 0.505. The van der Waals surface area contributed by atoms with Gasteiger partial charge in [-0.3, -0.25) is 0 Å². The number of amides is 1. The van der Waals surface area contributed by atoms with Crippen LogP contribution in [0.1, 0.15) is 32.6 Å². The van der Waals surface area contributed by atoms with Crippen LogP contribution < -0.4 is 0 Å². The van der Waals surface area contributed by atoms with Gasteiger partial charge in [-0.2, -0.15) is 9.98 Å². The summed E-state index contributed by atoms with van der Waals surface area (Å²) >= 11 is 1.12. The molecule has 1 aromatic carbocycles. The Morgan fingerprint density at radius 1 is 1.17 bits per heavy atom. The van der Waals surface area contributed by atoms with Gasteiger partial charge in [-0.15, -0.1) is 11.8 Å². The number of halogens is 1. The summed E-state index contributed by atoms with van der Waals surface area (Å²) in [6, 6.07) is 6.96. The predicted octanol–water partition coefficient (Wildman–Crippen LogP) is 6.49. The molecule has 0 radical (unpaired) electrons. The van der Waals surface area contributed by atoms with E-state index in [1.165, 1.54) is 20.3 Å². The first-order valence-corrected chi connectivity index (χ1v) is 14.4. The van der Waals surface area contributed by atoms with Crippen LogP contribution >= 0.6 is 11.8 Å². The van der Waals surface area contributed by atoms with Gasteiger partial charge in [0.1, 0.15) is 23.1 Å². The van der Waals surface area contributed by atoms with Gasteiger partial charge in [0.05, 0.1) is 26.5 Å². The van der Waals surface area contributed by atoms with E-state index in [1.807, 2.05) is 6.92 Å². The normalized spacial score (nSPS) is 15.1. The van der Waals surface area contributed by atoms with Crippen molar-refractivity contribution in [2.45, 2.75) is 39.9 Å². The lowest BCUT2D eigenvalue weighted by molar-refractivity contribution is -0.136. The van der Waals surface area contributed by atoms with Gasteiger partial charge in [0, 0.05) is 30.7 Å². The third-order valence-corrected chi connectivity index (χ3v) is 6.36. The van der Waals surface area contributed by atoms with Crippen LogP contribution in [0.2, 0.25) is 0 Å². The Balaban J connectivity index is 1.99. The number of benzene rings is 1. The highest BCUT2D eigenvalue weighted by Gasteiger charge is 2.25. The van der Waals surface area contributed by atoms with Crippen molar-refractivity contribution in [3.63, 3.8) is 0 Å².